The average Bonchev–Trinajstić information content (AvgIpc) is 3.10. The zero-order chi connectivity index (χ0) is 13.9. The molecular formula is C14H12ClN3OS. The second kappa shape index (κ2) is 5.73. The van der Waals surface area contributed by atoms with Gasteiger partial charge in [0.05, 0.1) is 12.8 Å². The van der Waals surface area contributed by atoms with E-state index in [2.05, 4.69) is 10.2 Å². The van der Waals surface area contributed by atoms with Crippen molar-refractivity contribution in [1.82, 2.24) is 14.8 Å². The summed E-state index contributed by atoms with van der Waals surface area (Å²) in [7, 11) is 0. The molecule has 20 heavy (non-hydrogen) atoms. The van der Waals surface area contributed by atoms with Crippen LogP contribution in [-0.4, -0.2) is 21.0 Å². The quantitative estimate of drug-likeness (QED) is 0.684. The molecule has 1 aromatic carbocycles. The van der Waals surface area contributed by atoms with Crippen LogP contribution >= 0.6 is 23.4 Å². The molecule has 2 aromatic heterocycles. The van der Waals surface area contributed by atoms with Crippen molar-refractivity contribution in [2.24, 2.45) is 0 Å². The van der Waals surface area contributed by atoms with Crippen LogP contribution in [0, 0.1) is 0 Å². The molecule has 0 atom stereocenters. The summed E-state index contributed by atoms with van der Waals surface area (Å²) in [5.74, 6) is 1.68. The monoisotopic (exact) mass is 305 g/mol. The molecular weight excluding hydrogens is 294 g/mol. The van der Waals surface area contributed by atoms with Gasteiger partial charge < -0.3 is 4.42 Å². The third-order valence-corrected chi connectivity index (χ3v) is 3.82. The molecule has 0 bridgehead atoms. The Kier molecular flexibility index (Phi) is 3.80. The predicted octanol–water partition coefficient (Wildman–Crippen LogP) is 3.96. The van der Waals surface area contributed by atoms with E-state index in [1.165, 1.54) is 0 Å². The highest BCUT2D eigenvalue weighted by atomic mass is 35.5. The Balaban J connectivity index is 2.02. The second-order valence-electron chi connectivity index (χ2n) is 4.18. The molecule has 0 saturated heterocycles. The lowest BCUT2D eigenvalue weighted by Gasteiger charge is -2.07. The fraction of sp³-hybridized carbons (Fsp3) is 0.143. The summed E-state index contributed by atoms with van der Waals surface area (Å²) in [6, 6.07) is 11.4. The third-order valence-electron chi connectivity index (χ3n) is 2.90. The van der Waals surface area contributed by atoms with Crippen molar-refractivity contribution >= 4 is 23.4 Å². The maximum atomic E-state index is 5.92. The van der Waals surface area contributed by atoms with Crippen LogP contribution in [0.5, 0.6) is 0 Å². The zero-order valence-corrected chi connectivity index (χ0v) is 12.4. The van der Waals surface area contributed by atoms with Crippen LogP contribution in [0.4, 0.5) is 0 Å². The van der Waals surface area contributed by atoms with E-state index in [0.717, 1.165) is 22.3 Å². The van der Waals surface area contributed by atoms with Crippen LogP contribution in [-0.2, 0) is 6.54 Å². The summed E-state index contributed by atoms with van der Waals surface area (Å²) in [5, 5.41) is 10.0. The van der Waals surface area contributed by atoms with Gasteiger partial charge in [0, 0.05) is 10.6 Å². The SMILES string of the molecule is CSc1nnc(-c2ccc(Cl)cc2)n1Cc1ccco1. The number of aromatic nitrogens is 3. The predicted molar refractivity (Wildman–Crippen MR) is 80.1 cm³/mol. The van der Waals surface area contributed by atoms with Crippen molar-refractivity contribution < 1.29 is 4.42 Å². The van der Waals surface area contributed by atoms with Crippen molar-refractivity contribution in [3.8, 4) is 11.4 Å². The molecule has 0 amide bonds. The molecule has 0 N–H and O–H groups in total. The number of hydrogen-bond acceptors (Lipinski definition) is 4. The summed E-state index contributed by atoms with van der Waals surface area (Å²) in [6.07, 6.45) is 3.65. The van der Waals surface area contributed by atoms with Crippen LogP contribution in [0.25, 0.3) is 11.4 Å². The number of rotatable bonds is 4. The summed E-state index contributed by atoms with van der Waals surface area (Å²) < 4.78 is 7.44. The van der Waals surface area contributed by atoms with E-state index < -0.39 is 0 Å². The van der Waals surface area contributed by atoms with Gasteiger partial charge in [0.2, 0.25) is 0 Å². The molecule has 0 unspecified atom stereocenters. The van der Waals surface area contributed by atoms with Crippen LogP contribution in [0.2, 0.25) is 5.02 Å². The number of halogens is 1. The van der Waals surface area contributed by atoms with Gasteiger partial charge in [0.25, 0.3) is 0 Å². The smallest absolute Gasteiger partial charge is 0.191 e. The molecule has 0 aliphatic carbocycles. The summed E-state index contributed by atoms with van der Waals surface area (Å²) in [4.78, 5) is 0. The summed E-state index contributed by atoms with van der Waals surface area (Å²) in [6.45, 7) is 0.605. The molecule has 3 rings (SSSR count). The number of nitrogens with zero attached hydrogens (tertiary/aromatic N) is 3. The minimum absolute atomic E-state index is 0.605. The molecule has 0 aliphatic heterocycles. The Morgan fingerprint density at radius 3 is 2.65 bits per heavy atom. The van der Waals surface area contributed by atoms with E-state index >= 15 is 0 Å². The van der Waals surface area contributed by atoms with Crippen molar-refractivity contribution in [3.63, 3.8) is 0 Å². The van der Waals surface area contributed by atoms with Crippen LogP contribution in [0.3, 0.4) is 0 Å². The van der Waals surface area contributed by atoms with Gasteiger partial charge in [-0.05, 0) is 42.7 Å². The molecule has 6 heteroatoms. The number of benzene rings is 1. The van der Waals surface area contributed by atoms with Crippen LogP contribution in [0.15, 0.2) is 52.2 Å². The fourth-order valence-electron chi connectivity index (χ4n) is 1.95. The van der Waals surface area contributed by atoms with E-state index in [1.807, 2.05) is 47.2 Å². The first-order chi connectivity index (χ1) is 9.78. The van der Waals surface area contributed by atoms with E-state index in [4.69, 9.17) is 16.0 Å². The van der Waals surface area contributed by atoms with Gasteiger partial charge in [-0.1, -0.05) is 23.4 Å². The molecule has 3 aromatic rings. The third kappa shape index (κ3) is 2.59. The molecule has 0 fully saturated rings. The Morgan fingerprint density at radius 1 is 1.20 bits per heavy atom. The van der Waals surface area contributed by atoms with Crippen molar-refractivity contribution in [2.45, 2.75) is 11.7 Å². The van der Waals surface area contributed by atoms with Gasteiger partial charge in [0.15, 0.2) is 11.0 Å². The first-order valence-electron chi connectivity index (χ1n) is 6.03. The zero-order valence-electron chi connectivity index (χ0n) is 10.8. The fourth-order valence-corrected chi connectivity index (χ4v) is 2.57. The molecule has 0 aliphatic rings. The first-order valence-corrected chi connectivity index (χ1v) is 7.63. The van der Waals surface area contributed by atoms with Gasteiger partial charge in [-0.3, -0.25) is 4.57 Å². The van der Waals surface area contributed by atoms with Crippen molar-refractivity contribution in [1.29, 1.82) is 0 Å². The Morgan fingerprint density at radius 2 is 2.00 bits per heavy atom. The summed E-state index contributed by atoms with van der Waals surface area (Å²) >= 11 is 7.48. The number of hydrogen-bond donors (Lipinski definition) is 0. The molecule has 0 radical (unpaired) electrons. The topological polar surface area (TPSA) is 43.9 Å². The van der Waals surface area contributed by atoms with Gasteiger partial charge in [-0.15, -0.1) is 10.2 Å². The maximum Gasteiger partial charge on any atom is 0.191 e. The van der Waals surface area contributed by atoms with Crippen molar-refractivity contribution in [3.05, 3.63) is 53.4 Å². The minimum atomic E-state index is 0.605. The first kappa shape index (κ1) is 13.3. The Bertz CT molecular complexity index is 692. The van der Waals surface area contributed by atoms with Gasteiger partial charge in [-0.2, -0.15) is 0 Å². The lowest BCUT2D eigenvalue weighted by Crippen LogP contribution is -2.03. The maximum absolute atomic E-state index is 5.92. The highest BCUT2D eigenvalue weighted by Crippen LogP contribution is 2.25. The van der Waals surface area contributed by atoms with Crippen LogP contribution < -0.4 is 0 Å². The van der Waals surface area contributed by atoms with E-state index in [0.29, 0.717) is 11.6 Å². The molecule has 2 heterocycles. The minimum Gasteiger partial charge on any atom is -0.467 e. The number of thioether (sulfide) groups is 1. The second-order valence-corrected chi connectivity index (χ2v) is 5.39. The Hall–Kier alpha value is -1.72. The normalized spacial score (nSPS) is 10.9. The van der Waals surface area contributed by atoms with Gasteiger partial charge >= 0.3 is 0 Å². The van der Waals surface area contributed by atoms with Crippen molar-refractivity contribution in [2.75, 3.05) is 6.26 Å². The number of furan rings is 1. The molecule has 4 nitrogen and oxygen atoms in total. The lowest BCUT2D eigenvalue weighted by molar-refractivity contribution is 0.485. The highest BCUT2D eigenvalue weighted by Gasteiger charge is 2.14. The lowest BCUT2D eigenvalue weighted by atomic mass is 10.2. The summed E-state index contributed by atoms with van der Waals surface area (Å²) in [5.41, 5.74) is 0.980. The molecule has 0 spiro atoms. The van der Waals surface area contributed by atoms with Gasteiger partial charge in [-0.25, -0.2) is 0 Å². The molecule has 0 saturated carbocycles. The van der Waals surface area contributed by atoms with E-state index in [9.17, 15) is 0 Å². The Labute approximate surface area is 125 Å². The van der Waals surface area contributed by atoms with Crippen LogP contribution in [0.1, 0.15) is 5.76 Å². The standard InChI is InChI=1S/C14H12ClN3OS/c1-20-14-17-16-13(10-4-6-11(15)7-5-10)18(14)9-12-3-2-8-19-12/h2-8H,9H2,1H3. The molecule has 102 valence electrons. The van der Waals surface area contributed by atoms with E-state index in [-0.39, 0.29) is 0 Å². The van der Waals surface area contributed by atoms with E-state index in [1.54, 1.807) is 18.0 Å². The highest BCUT2D eigenvalue weighted by molar-refractivity contribution is 7.98. The van der Waals surface area contributed by atoms with Gasteiger partial charge in [0.1, 0.15) is 5.76 Å². The largest absolute Gasteiger partial charge is 0.467 e. The average molecular weight is 306 g/mol.